The highest BCUT2D eigenvalue weighted by Gasteiger charge is 2.26. The third kappa shape index (κ3) is 3.17. The maximum absolute atomic E-state index is 11.8. The summed E-state index contributed by atoms with van der Waals surface area (Å²) in [6.45, 7) is 1.47. The van der Waals surface area contributed by atoms with Gasteiger partial charge in [-0.15, -0.1) is 0 Å². The minimum atomic E-state index is -0.427. The van der Waals surface area contributed by atoms with Gasteiger partial charge in [-0.2, -0.15) is 0 Å². The summed E-state index contributed by atoms with van der Waals surface area (Å²) < 4.78 is 10.5. The second-order valence-corrected chi connectivity index (χ2v) is 4.55. The molecule has 92 valence electrons. The van der Waals surface area contributed by atoms with Gasteiger partial charge in [-0.3, -0.25) is 4.79 Å². The second-order valence-electron chi connectivity index (χ2n) is 4.55. The van der Waals surface area contributed by atoms with E-state index in [-0.39, 0.29) is 11.9 Å². The topological polar surface area (TPSA) is 73.6 Å². The first-order valence-corrected chi connectivity index (χ1v) is 6.01. The Kier molecular flexibility index (Phi) is 4.15. The van der Waals surface area contributed by atoms with E-state index < -0.39 is 6.10 Å². The fourth-order valence-electron chi connectivity index (χ4n) is 2.20. The lowest BCUT2D eigenvalue weighted by Gasteiger charge is -2.29. The van der Waals surface area contributed by atoms with Crippen LogP contribution >= 0.6 is 0 Å². The molecule has 1 heterocycles. The summed E-state index contributed by atoms with van der Waals surface area (Å²) in [4.78, 5) is 11.8. The lowest BCUT2D eigenvalue weighted by molar-refractivity contribution is -0.148. The monoisotopic (exact) mass is 228 g/mol. The maximum Gasteiger partial charge on any atom is 0.251 e. The molecule has 0 bridgehead atoms. The van der Waals surface area contributed by atoms with Gasteiger partial charge in [-0.25, -0.2) is 0 Å². The first-order valence-electron chi connectivity index (χ1n) is 6.01. The summed E-state index contributed by atoms with van der Waals surface area (Å²) in [5.41, 5.74) is 5.81. The van der Waals surface area contributed by atoms with E-state index >= 15 is 0 Å². The van der Waals surface area contributed by atoms with Gasteiger partial charge in [-0.05, 0) is 25.7 Å². The standard InChI is InChI=1S/C11H20N2O3/c12-8-1-3-9(4-2-8)13-11(14)10-7-15-5-6-16-10/h8-10H,1-7,12H2,(H,13,14). The number of carbonyl (C=O) groups excluding carboxylic acids is 1. The highest BCUT2D eigenvalue weighted by Crippen LogP contribution is 2.17. The zero-order valence-corrected chi connectivity index (χ0v) is 9.48. The van der Waals surface area contributed by atoms with Crippen molar-refractivity contribution in [2.24, 2.45) is 5.73 Å². The number of ether oxygens (including phenoxy) is 2. The molecule has 1 atom stereocenters. The summed E-state index contributed by atoms with van der Waals surface area (Å²) in [5.74, 6) is -0.0415. The molecule has 0 aromatic carbocycles. The number of hydrogen-bond donors (Lipinski definition) is 2. The molecule has 0 aromatic heterocycles. The van der Waals surface area contributed by atoms with Crippen molar-refractivity contribution >= 4 is 5.91 Å². The van der Waals surface area contributed by atoms with Crippen LogP contribution in [0.25, 0.3) is 0 Å². The van der Waals surface area contributed by atoms with Crippen molar-refractivity contribution in [3.63, 3.8) is 0 Å². The predicted molar refractivity (Wildman–Crippen MR) is 58.9 cm³/mol. The molecule has 2 rings (SSSR count). The molecule has 5 heteroatoms. The first-order chi connectivity index (χ1) is 7.75. The molecule has 0 radical (unpaired) electrons. The molecule has 1 saturated heterocycles. The van der Waals surface area contributed by atoms with Gasteiger partial charge < -0.3 is 20.5 Å². The van der Waals surface area contributed by atoms with Crippen LogP contribution in [0.15, 0.2) is 0 Å². The third-order valence-electron chi connectivity index (χ3n) is 3.23. The predicted octanol–water partition coefficient (Wildman–Crippen LogP) is -0.212. The fourth-order valence-corrected chi connectivity index (χ4v) is 2.20. The van der Waals surface area contributed by atoms with E-state index in [2.05, 4.69) is 5.32 Å². The van der Waals surface area contributed by atoms with Crippen molar-refractivity contribution in [2.75, 3.05) is 19.8 Å². The van der Waals surface area contributed by atoms with Gasteiger partial charge in [0, 0.05) is 12.1 Å². The number of nitrogens with one attached hydrogen (secondary N) is 1. The largest absolute Gasteiger partial charge is 0.376 e. The number of hydrogen-bond acceptors (Lipinski definition) is 4. The van der Waals surface area contributed by atoms with Crippen LogP contribution in [0.5, 0.6) is 0 Å². The number of amides is 1. The Morgan fingerprint density at radius 2 is 1.94 bits per heavy atom. The zero-order chi connectivity index (χ0) is 11.4. The van der Waals surface area contributed by atoms with Crippen LogP contribution in [0.1, 0.15) is 25.7 Å². The molecule has 0 aromatic rings. The highest BCUT2D eigenvalue weighted by molar-refractivity contribution is 5.81. The SMILES string of the molecule is NC1CCC(NC(=O)C2COCCO2)CC1. The van der Waals surface area contributed by atoms with E-state index in [9.17, 15) is 4.79 Å². The molecule has 16 heavy (non-hydrogen) atoms. The van der Waals surface area contributed by atoms with Crippen molar-refractivity contribution in [2.45, 2.75) is 43.9 Å². The quantitative estimate of drug-likeness (QED) is 0.686. The van der Waals surface area contributed by atoms with Gasteiger partial charge in [0.25, 0.3) is 5.91 Å². The van der Waals surface area contributed by atoms with Crippen LogP contribution in [-0.4, -0.2) is 43.9 Å². The van der Waals surface area contributed by atoms with Gasteiger partial charge in [-0.1, -0.05) is 0 Å². The Morgan fingerprint density at radius 3 is 2.56 bits per heavy atom. The molecule has 0 spiro atoms. The molecule has 1 unspecified atom stereocenters. The maximum atomic E-state index is 11.8. The average molecular weight is 228 g/mol. The normalized spacial score (nSPS) is 35.7. The van der Waals surface area contributed by atoms with Gasteiger partial charge in [0.15, 0.2) is 6.10 Å². The zero-order valence-electron chi connectivity index (χ0n) is 9.48. The Bertz CT molecular complexity index is 233. The molecule has 5 nitrogen and oxygen atoms in total. The minimum Gasteiger partial charge on any atom is -0.376 e. The molecule has 1 saturated carbocycles. The van der Waals surface area contributed by atoms with Crippen LogP contribution in [-0.2, 0) is 14.3 Å². The van der Waals surface area contributed by atoms with Crippen molar-refractivity contribution in [1.29, 1.82) is 0 Å². The van der Waals surface area contributed by atoms with Gasteiger partial charge in [0.2, 0.25) is 0 Å². The molecule has 2 aliphatic rings. The summed E-state index contributed by atoms with van der Waals surface area (Å²) in [6, 6.07) is 0.570. The average Bonchev–Trinajstić information content (AvgIpc) is 2.33. The van der Waals surface area contributed by atoms with E-state index in [0.717, 1.165) is 25.7 Å². The lowest BCUT2D eigenvalue weighted by atomic mass is 9.92. The van der Waals surface area contributed by atoms with Crippen molar-refractivity contribution in [1.82, 2.24) is 5.32 Å². The van der Waals surface area contributed by atoms with Gasteiger partial charge in [0.05, 0.1) is 19.8 Å². The number of carbonyl (C=O) groups is 1. The van der Waals surface area contributed by atoms with Crippen LogP contribution in [0.4, 0.5) is 0 Å². The summed E-state index contributed by atoms with van der Waals surface area (Å²) >= 11 is 0. The number of nitrogens with two attached hydrogens (primary N) is 1. The summed E-state index contributed by atoms with van der Waals surface area (Å²) in [6.07, 6.45) is 3.50. The van der Waals surface area contributed by atoms with Gasteiger partial charge in [0.1, 0.15) is 0 Å². The molecule has 1 aliphatic carbocycles. The third-order valence-corrected chi connectivity index (χ3v) is 3.23. The Balaban J connectivity index is 1.73. The van der Waals surface area contributed by atoms with Gasteiger partial charge >= 0.3 is 0 Å². The lowest BCUT2D eigenvalue weighted by Crippen LogP contribution is -2.48. The van der Waals surface area contributed by atoms with E-state index in [0.29, 0.717) is 25.9 Å². The molecule has 1 amide bonds. The summed E-state index contributed by atoms with van der Waals surface area (Å²) in [7, 11) is 0. The second kappa shape index (κ2) is 5.61. The van der Waals surface area contributed by atoms with E-state index in [4.69, 9.17) is 15.2 Å². The molecule has 2 fully saturated rings. The van der Waals surface area contributed by atoms with Crippen LogP contribution in [0.2, 0.25) is 0 Å². The first kappa shape index (κ1) is 11.8. The Hall–Kier alpha value is -0.650. The van der Waals surface area contributed by atoms with E-state index in [1.807, 2.05) is 0 Å². The Morgan fingerprint density at radius 1 is 1.19 bits per heavy atom. The summed E-state index contributed by atoms with van der Waals surface area (Å²) in [5, 5.41) is 3.01. The molecule has 1 aliphatic heterocycles. The minimum absolute atomic E-state index is 0.0415. The van der Waals surface area contributed by atoms with E-state index in [1.54, 1.807) is 0 Å². The molecular weight excluding hydrogens is 208 g/mol. The highest BCUT2D eigenvalue weighted by atomic mass is 16.6. The molecular formula is C11H20N2O3. The molecule has 3 N–H and O–H groups in total. The Labute approximate surface area is 95.7 Å². The van der Waals surface area contributed by atoms with Crippen molar-refractivity contribution in [3.05, 3.63) is 0 Å². The van der Waals surface area contributed by atoms with Crippen LogP contribution in [0.3, 0.4) is 0 Å². The van der Waals surface area contributed by atoms with Crippen LogP contribution in [0, 0.1) is 0 Å². The number of rotatable bonds is 2. The smallest absolute Gasteiger partial charge is 0.251 e. The fraction of sp³-hybridized carbons (Fsp3) is 0.909. The van der Waals surface area contributed by atoms with Crippen LogP contribution < -0.4 is 11.1 Å². The van der Waals surface area contributed by atoms with Crippen molar-refractivity contribution < 1.29 is 14.3 Å². The van der Waals surface area contributed by atoms with E-state index in [1.165, 1.54) is 0 Å². The van der Waals surface area contributed by atoms with Crippen molar-refractivity contribution in [3.8, 4) is 0 Å².